The van der Waals surface area contributed by atoms with Gasteiger partial charge in [-0.2, -0.15) is 0 Å². The number of hydrogen-bond acceptors (Lipinski definition) is 4. The van der Waals surface area contributed by atoms with E-state index in [2.05, 4.69) is 5.32 Å². The van der Waals surface area contributed by atoms with Crippen LogP contribution in [0.15, 0.2) is 36.4 Å². The number of amides is 1. The number of hydrogen-bond donors (Lipinski definition) is 2. The highest BCUT2D eigenvalue weighted by atomic mass is 16.3. The number of aromatic hydroxyl groups is 1. The molecule has 0 unspecified atom stereocenters. The van der Waals surface area contributed by atoms with Gasteiger partial charge in [0.05, 0.1) is 5.69 Å². The Balaban J connectivity index is 2.21. The van der Waals surface area contributed by atoms with Crippen molar-refractivity contribution < 1.29 is 19.5 Å². The second kappa shape index (κ2) is 4.56. The highest BCUT2D eigenvalue weighted by Gasteiger charge is 2.30. The van der Waals surface area contributed by atoms with Crippen LogP contribution >= 0.6 is 0 Å². The van der Waals surface area contributed by atoms with Gasteiger partial charge in [-0.05, 0) is 12.1 Å². The van der Waals surface area contributed by atoms with Crippen molar-refractivity contribution in [3.8, 4) is 5.75 Å². The van der Waals surface area contributed by atoms with E-state index < -0.39 is 0 Å². The predicted octanol–water partition coefficient (Wildman–Crippen LogP) is 2.13. The molecule has 21 heavy (non-hydrogen) atoms. The Morgan fingerprint density at radius 2 is 1.48 bits per heavy atom. The summed E-state index contributed by atoms with van der Waals surface area (Å²) in [6, 6.07) is 9.09. The zero-order valence-corrected chi connectivity index (χ0v) is 11.1. The third-order valence-corrected chi connectivity index (χ3v) is 3.35. The Morgan fingerprint density at radius 1 is 0.952 bits per heavy atom. The third kappa shape index (κ3) is 1.99. The molecule has 0 spiro atoms. The first-order valence-electron chi connectivity index (χ1n) is 6.32. The van der Waals surface area contributed by atoms with E-state index in [1.54, 1.807) is 24.3 Å². The van der Waals surface area contributed by atoms with Crippen LogP contribution in [-0.4, -0.2) is 22.6 Å². The van der Waals surface area contributed by atoms with Gasteiger partial charge in [-0.1, -0.05) is 24.3 Å². The fourth-order valence-electron chi connectivity index (χ4n) is 2.42. The smallest absolute Gasteiger partial charge is 0.221 e. The standard InChI is InChI=1S/C16H11NO4/c1-8(18)17-13-6-11-12(7-14(13)19)16(21)10-5-3-2-4-9(10)15(11)20/h2-7,19H,1H3,(H,17,18). The summed E-state index contributed by atoms with van der Waals surface area (Å²) in [6.45, 7) is 1.29. The van der Waals surface area contributed by atoms with Gasteiger partial charge in [0.1, 0.15) is 5.75 Å². The molecule has 1 amide bonds. The second-order valence-corrected chi connectivity index (χ2v) is 4.80. The summed E-state index contributed by atoms with van der Waals surface area (Å²) >= 11 is 0. The molecule has 5 heteroatoms. The van der Waals surface area contributed by atoms with E-state index >= 15 is 0 Å². The van der Waals surface area contributed by atoms with Gasteiger partial charge in [-0.15, -0.1) is 0 Å². The van der Waals surface area contributed by atoms with Gasteiger partial charge in [0.25, 0.3) is 0 Å². The predicted molar refractivity (Wildman–Crippen MR) is 75.7 cm³/mol. The fourth-order valence-corrected chi connectivity index (χ4v) is 2.42. The average Bonchev–Trinajstić information content (AvgIpc) is 2.46. The Hall–Kier alpha value is -2.95. The van der Waals surface area contributed by atoms with Gasteiger partial charge >= 0.3 is 0 Å². The van der Waals surface area contributed by atoms with Gasteiger partial charge in [0.15, 0.2) is 11.6 Å². The maximum atomic E-state index is 12.5. The highest BCUT2D eigenvalue weighted by Crippen LogP contribution is 2.34. The Morgan fingerprint density at radius 3 is 2.00 bits per heavy atom. The molecular weight excluding hydrogens is 270 g/mol. The number of anilines is 1. The van der Waals surface area contributed by atoms with Crippen LogP contribution in [-0.2, 0) is 4.79 Å². The monoisotopic (exact) mass is 281 g/mol. The summed E-state index contributed by atoms with van der Waals surface area (Å²) < 4.78 is 0. The second-order valence-electron chi connectivity index (χ2n) is 4.80. The van der Waals surface area contributed by atoms with E-state index in [-0.39, 0.29) is 40.0 Å². The van der Waals surface area contributed by atoms with Crippen LogP contribution in [0.5, 0.6) is 5.75 Å². The van der Waals surface area contributed by atoms with Gasteiger partial charge in [-0.25, -0.2) is 0 Å². The number of benzene rings is 2. The summed E-state index contributed by atoms with van der Waals surface area (Å²) in [4.78, 5) is 35.9. The molecule has 5 nitrogen and oxygen atoms in total. The van der Waals surface area contributed by atoms with Crippen molar-refractivity contribution in [2.75, 3.05) is 5.32 Å². The summed E-state index contributed by atoms with van der Waals surface area (Å²) in [5.41, 5.74) is 1.09. The maximum absolute atomic E-state index is 12.5. The summed E-state index contributed by atoms with van der Waals surface area (Å²) in [6.07, 6.45) is 0. The molecule has 0 fully saturated rings. The SMILES string of the molecule is CC(=O)Nc1cc2c(cc1O)C(=O)c1ccccc1C2=O. The first-order valence-corrected chi connectivity index (χ1v) is 6.32. The summed E-state index contributed by atoms with van der Waals surface area (Å²) in [5.74, 6) is -1.23. The quantitative estimate of drug-likeness (QED) is 0.669. The lowest BCUT2D eigenvalue weighted by Gasteiger charge is -2.18. The van der Waals surface area contributed by atoms with E-state index in [9.17, 15) is 19.5 Å². The number of ketones is 2. The molecule has 0 atom stereocenters. The lowest BCUT2D eigenvalue weighted by molar-refractivity contribution is -0.114. The molecule has 2 aromatic carbocycles. The number of nitrogens with one attached hydrogen (secondary N) is 1. The van der Waals surface area contributed by atoms with Gasteiger partial charge in [0.2, 0.25) is 5.91 Å². The topological polar surface area (TPSA) is 83.5 Å². The Bertz CT molecular complexity index is 808. The number of phenols is 1. The minimum Gasteiger partial charge on any atom is -0.506 e. The molecule has 0 saturated carbocycles. The van der Waals surface area contributed by atoms with Crippen molar-refractivity contribution >= 4 is 23.2 Å². The van der Waals surface area contributed by atoms with Crippen molar-refractivity contribution in [2.24, 2.45) is 0 Å². The first kappa shape index (κ1) is 13.1. The molecule has 1 aliphatic carbocycles. The van der Waals surface area contributed by atoms with Crippen molar-refractivity contribution in [3.05, 3.63) is 58.7 Å². The molecule has 0 radical (unpaired) electrons. The molecule has 0 heterocycles. The molecule has 0 aromatic heterocycles. The van der Waals surface area contributed by atoms with Crippen molar-refractivity contribution in [1.82, 2.24) is 0 Å². The van der Waals surface area contributed by atoms with E-state index in [0.717, 1.165) is 0 Å². The van der Waals surface area contributed by atoms with E-state index in [1.807, 2.05) is 0 Å². The van der Waals surface area contributed by atoms with Crippen LogP contribution in [0.1, 0.15) is 38.8 Å². The highest BCUT2D eigenvalue weighted by molar-refractivity contribution is 6.28. The van der Waals surface area contributed by atoms with E-state index in [0.29, 0.717) is 11.1 Å². The molecule has 0 aliphatic heterocycles. The number of phenolic OH excluding ortho intramolecular Hbond substituents is 1. The molecule has 1 aliphatic rings. The largest absolute Gasteiger partial charge is 0.506 e. The van der Waals surface area contributed by atoms with Crippen LogP contribution < -0.4 is 5.32 Å². The van der Waals surface area contributed by atoms with Crippen LogP contribution in [0, 0.1) is 0 Å². The zero-order valence-electron chi connectivity index (χ0n) is 11.1. The number of rotatable bonds is 1. The average molecular weight is 281 g/mol. The van der Waals surface area contributed by atoms with Crippen LogP contribution in [0.4, 0.5) is 5.69 Å². The van der Waals surface area contributed by atoms with Crippen LogP contribution in [0.2, 0.25) is 0 Å². The fraction of sp³-hybridized carbons (Fsp3) is 0.0625. The van der Waals surface area contributed by atoms with Gasteiger partial charge in [0, 0.05) is 29.2 Å². The van der Waals surface area contributed by atoms with Gasteiger partial charge in [-0.3, -0.25) is 14.4 Å². The molecule has 3 rings (SSSR count). The lowest BCUT2D eigenvalue weighted by atomic mass is 9.83. The minimum absolute atomic E-state index is 0.113. The Kier molecular flexibility index (Phi) is 2.83. The van der Waals surface area contributed by atoms with Crippen molar-refractivity contribution in [3.63, 3.8) is 0 Å². The van der Waals surface area contributed by atoms with Crippen molar-refractivity contribution in [1.29, 1.82) is 0 Å². The summed E-state index contributed by atoms with van der Waals surface area (Å²) in [7, 11) is 0. The number of fused-ring (bicyclic) bond motifs is 2. The third-order valence-electron chi connectivity index (χ3n) is 3.35. The first-order chi connectivity index (χ1) is 9.99. The maximum Gasteiger partial charge on any atom is 0.221 e. The van der Waals surface area contributed by atoms with E-state index in [1.165, 1.54) is 19.1 Å². The number of carbonyl (C=O) groups excluding carboxylic acids is 3. The molecular formula is C16H11NO4. The molecule has 0 bridgehead atoms. The zero-order chi connectivity index (χ0) is 15.1. The summed E-state index contributed by atoms with van der Waals surface area (Å²) in [5, 5.41) is 12.3. The minimum atomic E-state index is -0.375. The van der Waals surface area contributed by atoms with Crippen LogP contribution in [0.3, 0.4) is 0 Å². The lowest BCUT2D eigenvalue weighted by Crippen LogP contribution is -2.21. The Labute approximate surface area is 120 Å². The van der Waals surface area contributed by atoms with Gasteiger partial charge < -0.3 is 10.4 Å². The molecule has 2 aromatic rings. The van der Waals surface area contributed by atoms with E-state index in [4.69, 9.17) is 0 Å². The molecule has 104 valence electrons. The number of carbonyl (C=O) groups is 3. The molecule has 0 saturated heterocycles. The van der Waals surface area contributed by atoms with Crippen LogP contribution in [0.25, 0.3) is 0 Å². The normalized spacial score (nSPS) is 12.6. The van der Waals surface area contributed by atoms with Crippen molar-refractivity contribution in [2.45, 2.75) is 6.92 Å². The molecule has 2 N–H and O–H groups in total.